The number of likely N-dealkylation sites (tertiary alicyclic amines) is 1. The van der Waals surface area contributed by atoms with Crippen LogP contribution in [0.2, 0.25) is 0 Å². The predicted octanol–water partition coefficient (Wildman–Crippen LogP) is 1.78. The van der Waals surface area contributed by atoms with Crippen molar-refractivity contribution in [1.29, 1.82) is 0 Å². The van der Waals surface area contributed by atoms with Crippen LogP contribution in [0.15, 0.2) is 36.8 Å². The normalized spacial score (nSPS) is 16.0. The number of hydrogen-bond donors (Lipinski definition) is 1. The molecule has 3 heterocycles. The molecule has 1 unspecified atom stereocenters. The minimum atomic E-state index is -0.597. The van der Waals surface area contributed by atoms with Gasteiger partial charge < -0.3 is 19.5 Å². The smallest absolute Gasteiger partial charge is 0.407 e. The third-order valence-electron chi connectivity index (χ3n) is 4.87. The summed E-state index contributed by atoms with van der Waals surface area (Å²) in [7, 11) is 1.28. The third kappa shape index (κ3) is 4.64. The quantitative estimate of drug-likeness (QED) is 0.865. The summed E-state index contributed by atoms with van der Waals surface area (Å²) in [4.78, 5) is 34.5. The summed E-state index contributed by atoms with van der Waals surface area (Å²) in [5, 5.41) is 2.53. The standard InChI is InChI=1S/C19H25N5O3/c1-14(22-19(26)27-2)18(25)23-10-6-15(7-11-23)17-21-9-12-24(17)13-16-5-3-4-8-20-16/h3-5,8-9,12,14-15H,6-7,10-11,13H2,1-2H3,(H,22,26). The Kier molecular flexibility index (Phi) is 6.05. The molecule has 0 aliphatic carbocycles. The van der Waals surface area contributed by atoms with Crippen molar-refractivity contribution in [2.45, 2.75) is 38.3 Å². The largest absolute Gasteiger partial charge is 0.453 e. The van der Waals surface area contributed by atoms with Crippen molar-refractivity contribution in [3.63, 3.8) is 0 Å². The first-order valence-electron chi connectivity index (χ1n) is 9.12. The Morgan fingerprint density at radius 1 is 1.26 bits per heavy atom. The van der Waals surface area contributed by atoms with Crippen LogP contribution in [0, 0.1) is 0 Å². The minimum absolute atomic E-state index is 0.0873. The van der Waals surface area contributed by atoms with Crippen LogP contribution in [-0.2, 0) is 16.1 Å². The molecule has 0 aromatic carbocycles. The topological polar surface area (TPSA) is 89.4 Å². The Morgan fingerprint density at radius 2 is 2.04 bits per heavy atom. The highest BCUT2D eigenvalue weighted by Crippen LogP contribution is 2.27. The molecule has 1 aliphatic heterocycles. The highest BCUT2D eigenvalue weighted by molar-refractivity contribution is 5.85. The van der Waals surface area contributed by atoms with Crippen LogP contribution in [0.25, 0.3) is 0 Å². The van der Waals surface area contributed by atoms with Crippen molar-refractivity contribution in [3.8, 4) is 0 Å². The van der Waals surface area contributed by atoms with Crippen LogP contribution in [0.4, 0.5) is 4.79 Å². The summed E-state index contributed by atoms with van der Waals surface area (Å²) in [6.45, 7) is 3.65. The molecule has 2 aromatic rings. The second-order valence-corrected chi connectivity index (χ2v) is 6.69. The second kappa shape index (κ2) is 8.66. The first kappa shape index (κ1) is 18.9. The van der Waals surface area contributed by atoms with E-state index in [0.717, 1.165) is 24.4 Å². The number of nitrogens with one attached hydrogen (secondary N) is 1. The van der Waals surface area contributed by atoms with Crippen LogP contribution in [-0.4, -0.2) is 57.7 Å². The van der Waals surface area contributed by atoms with Crippen molar-refractivity contribution in [3.05, 3.63) is 48.3 Å². The van der Waals surface area contributed by atoms with Crippen molar-refractivity contribution >= 4 is 12.0 Å². The number of methoxy groups -OCH3 is 1. The van der Waals surface area contributed by atoms with Gasteiger partial charge in [-0.2, -0.15) is 0 Å². The molecule has 2 aromatic heterocycles. The predicted molar refractivity (Wildman–Crippen MR) is 99.1 cm³/mol. The molecule has 0 bridgehead atoms. The lowest BCUT2D eigenvalue weighted by Crippen LogP contribution is -2.49. The third-order valence-corrected chi connectivity index (χ3v) is 4.87. The van der Waals surface area contributed by atoms with Crippen LogP contribution < -0.4 is 5.32 Å². The van der Waals surface area contributed by atoms with Crippen LogP contribution in [0.3, 0.4) is 0 Å². The number of ether oxygens (including phenoxy) is 1. The number of piperidine rings is 1. The van der Waals surface area contributed by atoms with Crippen molar-refractivity contribution < 1.29 is 14.3 Å². The maximum Gasteiger partial charge on any atom is 0.407 e. The number of amides is 2. The summed E-state index contributed by atoms with van der Waals surface area (Å²) in [5.41, 5.74) is 0.993. The lowest BCUT2D eigenvalue weighted by atomic mass is 9.95. The number of aromatic nitrogens is 3. The average Bonchev–Trinajstić information content (AvgIpc) is 3.16. The lowest BCUT2D eigenvalue weighted by molar-refractivity contribution is -0.134. The molecule has 144 valence electrons. The summed E-state index contributed by atoms with van der Waals surface area (Å²) in [6, 6.07) is 5.29. The summed E-state index contributed by atoms with van der Waals surface area (Å²) in [6.07, 6.45) is 6.68. The first-order chi connectivity index (χ1) is 13.1. The van der Waals surface area contributed by atoms with Crippen LogP contribution in [0.1, 0.15) is 37.2 Å². The number of hydrogen-bond acceptors (Lipinski definition) is 5. The zero-order valence-electron chi connectivity index (χ0n) is 15.7. The van der Waals surface area contributed by atoms with Gasteiger partial charge in [0.1, 0.15) is 11.9 Å². The molecule has 1 atom stereocenters. The molecule has 1 saturated heterocycles. The van der Waals surface area contributed by atoms with E-state index >= 15 is 0 Å². The number of rotatable bonds is 5. The second-order valence-electron chi connectivity index (χ2n) is 6.69. The van der Waals surface area contributed by atoms with E-state index in [9.17, 15) is 9.59 Å². The van der Waals surface area contributed by atoms with Gasteiger partial charge in [-0.1, -0.05) is 6.07 Å². The Labute approximate surface area is 158 Å². The van der Waals surface area contributed by atoms with E-state index in [-0.39, 0.29) is 5.91 Å². The fraction of sp³-hybridized carbons (Fsp3) is 0.474. The van der Waals surface area contributed by atoms with Gasteiger partial charge in [-0.25, -0.2) is 9.78 Å². The Balaban J connectivity index is 1.58. The van der Waals surface area contributed by atoms with E-state index in [0.29, 0.717) is 25.6 Å². The average molecular weight is 371 g/mol. The van der Waals surface area contributed by atoms with Gasteiger partial charge >= 0.3 is 6.09 Å². The highest BCUT2D eigenvalue weighted by Gasteiger charge is 2.29. The fourth-order valence-electron chi connectivity index (χ4n) is 3.41. The van der Waals surface area contributed by atoms with E-state index in [1.54, 1.807) is 18.0 Å². The maximum atomic E-state index is 12.5. The van der Waals surface area contributed by atoms with Gasteiger partial charge in [0, 0.05) is 37.6 Å². The zero-order valence-corrected chi connectivity index (χ0v) is 15.7. The van der Waals surface area contributed by atoms with Crippen molar-refractivity contribution in [2.24, 2.45) is 0 Å². The molecule has 3 rings (SSSR count). The van der Waals surface area contributed by atoms with Gasteiger partial charge in [-0.05, 0) is 31.9 Å². The van der Waals surface area contributed by atoms with E-state index in [2.05, 4.69) is 24.6 Å². The summed E-state index contributed by atoms with van der Waals surface area (Å²) < 4.78 is 6.68. The molecule has 1 N–H and O–H groups in total. The van der Waals surface area contributed by atoms with Gasteiger partial charge in [-0.3, -0.25) is 9.78 Å². The van der Waals surface area contributed by atoms with Gasteiger partial charge in [0.25, 0.3) is 0 Å². The van der Waals surface area contributed by atoms with Crippen LogP contribution in [0.5, 0.6) is 0 Å². The SMILES string of the molecule is COC(=O)NC(C)C(=O)N1CCC(c2nccn2Cc2ccccn2)CC1. The van der Waals surface area contributed by atoms with Crippen molar-refractivity contribution in [1.82, 2.24) is 24.8 Å². The van der Waals surface area contributed by atoms with Gasteiger partial charge in [-0.15, -0.1) is 0 Å². The zero-order chi connectivity index (χ0) is 19.2. The monoisotopic (exact) mass is 371 g/mol. The number of nitrogens with zero attached hydrogens (tertiary/aromatic N) is 4. The van der Waals surface area contributed by atoms with E-state index in [4.69, 9.17) is 0 Å². The fourth-order valence-corrected chi connectivity index (χ4v) is 3.41. The molecule has 27 heavy (non-hydrogen) atoms. The summed E-state index contributed by atoms with van der Waals surface area (Å²) >= 11 is 0. The van der Waals surface area contributed by atoms with E-state index in [1.165, 1.54) is 7.11 Å². The van der Waals surface area contributed by atoms with Gasteiger partial charge in [0.05, 0.1) is 19.3 Å². The molecule has 0 radical (unpaired) electrons. The number of imidazole rings is 1. The Hall–Kier alpha value is -2.90. The first-order valence-corrected chi connectivity index (χ1v) is 9.12. The molecular formula is C19H25N5O3. The maximum absolute atomic E-state index is 12.5. The number of alkyl carbamates (subject to hydrolysis) is 1. The lowest BCUT2D eigenvalue weighted by Gasteiger charge is -2.33. The molecule has 0 spiro atoms. The van der Waals surface area contributed by atoms with Crippen LogP contribution >= 0.6 is 0 Å². The molecule has 1 aliphatic rings. The Morgan fingerprint density at radius 3 is 2.70 bits per heavy atom. The molecular weight excluding hydrogens is 346 g/mol. The van der Waals surface area contributed by atoms with E-state index in [1.807, 2.05) is 30.6 Å². The Bertz CT molecular complexity index is 769. The number of pyridine rings is 1. The van der Waals surface area contributed by atoms with E-state index < -0.39 is 12.1 Å². The number of carbonyl (C=O) groups is 2. The molecule has 1 fully saturated rings. The molecule has 0 saturated carbocycles. The number of carbonyl (C=O) groups excluding carboxylic acids is 2. The molecule has 8 heteroatoms. The van der Waals surface area contributed by atoms with Crippen molar-refractivity contribution in [2.75, 3.05) is 20.2 Å². The molecule has 2 amide bonds. The summed E-state index contributed by atoms with van der Waals surface area (Å²) in [5.74, 6) is 1.25. The van der Waals surface area contributed by atoms with Gasteiger partial charge in [0.2, 0.25) is 5.91 Å². The van der Waals surface area contributed by atoms with Gasteiger partial charge in [0.15, 0.2) is 0 Å². The minimum Gasteiger partial charge on any atom is -0.453 e. The highest BCUT2D eigenvalue weighted by atomic mass is 16.5. The molecule has 8 nitrogen and oxygen atoms in total.